The maximum absolute atomic E-state index is 11.0. The number of hydrogen-bond donors (Lipinski definition) is 2. The Morgan fingerprint density at radius 2 is 2.21 bits per heavy atom. The summed E-state index contributed by atoms with van der Waals surface area (Å²) in [5.41, 5.74) is 5.43. The number of esters is 1. The highest BCUT2D eigenvalue weighted by molar-refractivity contribution is 7.98. The Labute approximate surface area is 85.7 Å². The van der Waals surface area contributed by atoms with Gasteiger partial charge in [0.2, 0.25) is 0 Å². The Kier molecular flexibility index (Phi) is 7.17. The molecule has 0 radical (unpaired) electrons. The molecule has 0 aliphatic rings. The monoisotopic (exact) mass is 223 g/mol. The van der Waals surface area contributed by atoms with Gasteiger partial charge in [-0.1, -0.05) is 0 Å². The average molecular weight is 223 g/mol. The summed E-state index contributed by atoms with van der Waals surface area (Å²) in [6.07, 6.45) is 2.37. The average Bonchev–Trinajstić information content (AvgIpc) is 2.21. The van der Waals surface area contributed by atoms with Crippen LogP contribution in [0, 0.1) is 0 Å². The van der Waals surface area contributed by atoms with Crippen LogP contribution in [0.15, 0.2) is 0 Å². The Bertz CT molecular complexity index is 199. The lowest BCUT2D eigenvalue weighted by Gasteiger charge is -2.09. The third-order valence-corrected chi connectivity index (χ3v) is 2.01. The Morgan fingerprint density at radius 3 is 2.71 bits per heavy atom. The molecule has 0 amide bonds. The van der Waals surface area contributed by atoms with Crippen molar-refractivity contribution in [2.75, 3.05) is 18.6 Å². The molecule has 0 heterocycles. The van der Waals surface area contributed by atoms with Crippen molar-refractivity contribution < 1.29 is 24.5 Å². The maximum Gasteiger partial charge on any atom is 0.379 e. The minimum atomic E-state index is -1.03. The van der Waals surface area contributed by atoms with E-state index in [4.69, 9.17) is 11.0 Å². The lowest BCUT2D eigenvalue weighted by molar-refractivity contribution is -0.238. The SMILES string of the molecule is CSCCC(N)C(=O)OCC(=O)OO. The van der Waals surface area contributed by atoms with E-state index in [1.165, 1.54) is 0 Å². The van der Waals surface area contributed by atoms with Crippen molar-refractivity contribution in [1.29, 1.82) is 0 Å². The lowest BCUT2D eigenvalue weighted by atomic mass is 10.2. The van der Waals surface area contributed by atoms with Crippen LogP contribution in [-0.4, -0.2) is 41.9 Å². The largest absolute Gasteiger partial charge is 0.452 e. The van der Waals surface area contributed by atoms with E-state index in [1.54, 1.807) is 11.8 Å². The standard InChI is InChI=1S/C7H13NO5S/c1-14-3-2-5(8)7(10)12-4-6(9)13-11/h5,11H,2-4,8H2,1H3. The molecule has 0 rings (SSSR count). The first kappa shape index (κ1) is 13.2. The second kappa shape index (κ2) is 7.60. The molecule has 14 heavy (non-hydrogen) atoms. The summed E-state index contributed by atoms with van der Waals surface area (Å²) in [6.45, 7) is -0.623. The number of thioether (sulfide) groups is 1. The highest BCUT2D eigenvalue weighted by Gasteiger charge is 2.16. The van der Waals surface area contributed by atoms with Gasteiger partial charge in [0.05, 0.1) is 0 Å². The zero-order valence-corrected chi connectivity index (χ0v) is 8.58. The fraction of sp³-hybridized carbons (Fsp3) is 0.714. The van der Waals surface area contributed by atoms with E-state index in [0.717, 1.165) is 5.75 Å². The molecule has 1 atom stereocenters. The van der Waals surface area contributed by atoms with E-state index in [2.05, 4.69) is 9.62 Å². The van der Waals surface area contributed by atoms with E-state index in [0.29, 0.717) is 6.42 Å². The highest BCUT2D eigenvalue weighted by Crippen LogP contribution is 2.00. The summed E-state index contributed by atoms with van der Waals surface area (Å²) in [5, 5.41) is 7.85. The van der Waals surface area contributed by atoms with Crippen molar-refractivity contribution in [2.45, 2.75) is 12.5 Å². The first-order valence-corrected chi connectivity index (χ1v) is 5.26. The molecular formula is C7H13NO5S. The molecule has 0 spiro atoms. The summed E-state index contributed by atoms with van der Waals surface area (Å²) < 4.78 is 4.45. The van der Waals surface area contributed by atoms with Gasteiger partial charge < -0.3 is 10.5 Å². The number of carbonyl (C=O) groups excluding carboxylic acids is 2. The van der Waals surface area contributed by atoms with Gasteiger partial charge in [-0.3, -0.25) is 9.68 Å². The Hall–Kier alpha value is -0.790. The molecule has 1 unspecified atom stereocenters. The minimum Gasteiger partial charge on any atom is -0.452 e. The van der Waals surface area contributed by atoms with Gasteiger partial charge >= 0.3 is 11.9 Å². The topological polar surface area (TPSA) is 98.9 Å². The van der Waals surface area contributed by atoms with Crippen LogP contribution < -0.4 is 5.73 Å². The van der Waals surface area contributed by atoms with Crippen molar-refractivity contribution in [1.82, 2.24) is 0 Å². The van der Waals surface area contributed by atoms with Gasteiger partial charge in [0, 0.05) is 0 Å². The molecule has 6 nitrogen and oxygen atoms in total. The summed E-state index contributed by atoms with van der Waals surface area (Å²) in [4.78, 5) is 24.7. The molecule has 7 heteroatoms. The molecule has 0 aliphatic carbocycles. The highest BCUT2D eigenvalue weighted by atomic mass is 32.2. The molecule has 82 valence electrons. The molecular weight excluding hydrogens is 210 g/mol. The molecule has 0 saturated carbocycles. The van der Waals surface area contributed by atoms with E-state index >= 15 is 0 Å². The Morgan fingerprint density at radius 1 is 1.57 bits per heavy atom. The zero-order chi connectivity index (χ0) is 11.0. The number of nitrogens with two attached hydrogens (primary N) is 1. The summed E-state index contributed by atoms with van der Waals surface area (Å²) in [6, 6.07) is -0.742. The van der Waals surface area contributed by atoms with Gasteiger partial charge in [0.25, 0.3) is 0 Å². The molecule has 0 aliphatic heterocycles. The fourth-order valence-electron chi connectivity index (χ4n) is 0.626. The summed E-state index contributed by atoms with van der Waals surface area (Å²) in [5.74, 6) is -0.972. The van der Waals surface area contributed by atoms with Gasteiger partial charge in [0.1, 0.15) is 6.04 Å². The van der Waals surface area contributed by atoms with Crippen LogP contribution in [0.5, 0.6) is 0 Å². The smallest absolute Gasteiger partial charge is 0.379 e. The lowest BCUT2D eigenvalue weighted by Crippen LogP contribution is -2.34. The van der Waals surface area contributed by atoms with Gasteiger partial charge in [-0.25, -0.2) is 4.79 Å². The predicted octanol–water partition coefficient (Wildman–Crippen LogP) is -0.374. The molecule has 0 aromatic heterocycles. The van der Waals surface area contributed by atoms with Gasteiger partial charge in [-0.2, -0.15) is 17.0 Å². The second-order valence-corrected chi connectivity index (χ2v) is 3.44. The third kappa shape index (κ3) is 5.79. The second-order valence-electron chi connectivity index (χ2n) is 2.46. The van der Waals surface area contributed by atoms with E-state index in [1.807, 2.05) is 6.26 Å². The molecule has 0 fully saturated rings. The van der Waals surface area contributed by atoms with Crippen molar-refractivity contribution in [3.05, 3.63) is 0 Å². The van der Waals surface area contributed by atoms with Crippen LogP contribution in [0.3, 0.4) is 0 Å². The zero-order valence-electron chi connectivity index (χ0n) is 7.76. The van der Waals surface area contributed by atoms with Crippen LogP contribution in [0.25, 0.3) is 0 Å². The van der Waals surface area contributed by atoms with Crippen molar-refractivity contribution >= 4 is 23.7 Å². The van der Waals surface area contributed by atoms with Gasteiger partial charge in [-0.05, 0) is 18.4 Å². The van der Waals surface area contributed by atoms with Crippen molar-refractivity contribution in [2.24, 2.45) is 5.73 Å². The number of rotatable bonds is 6. The van der Waals surface area contributed by atoms with Crippen LogP contribution >= 0.6 is 11.8 Å². The minimum absolute atomic E-state index is 0.480. The van der Waals surface area contributed by atoms with Gasteiger partial charge in [0.15, 0.2) is 6.61 Å². The Balaban J connectivity index is 3.67. The predicted molar refractivity (Wildman–Crippen MR) is 50.7 cm³/mol. The van der Waals surface area contributed by atoms with Crippen LogP contribution in [0.4, 0.5) is 0 Å². The molecule has 0 aromatic carbocycles. The van der Waals surface area contributed by atoms with Crippen molar-refractivity contribution in [3.63, 3.8) is 0 Å². The van der Waals surface area contributed by atoms with E-state index in [-0.39, 0.29) is 0 Å². The summed E-state index contributed by atoms with van der Waals surface area (Å²) in [7, 11) is 0. The van der Waals surface area contributed by atoms with E-state index < -0.39 is 24.6 Å². The van der Waals surface area contributed by atoms with Crippen LogP contribution in [-0.2, 0) is 19.2 Å². The molecule has 0 aromatic rings. The fourth-order valence-corrected chi connectivity index (χ4v) is 1.12. The number of hydrogen-bond acceptors (Lipinski definition) is 7. The van der Waals surface area contributed by atoms with Crippen molar-refractivity contribution in [3.8, 4) is 0 Å². The third-order valence-electron chi connectivity index (χ3n) is 1.37. The molecule has 0 saturated heterocycles. The number of carbonyl (C=O) groups is 2. The summed E-state index contributed by atoms with van der Waals surface area (Å²) >= 11 is 1.56. The van der Waals surface area contributed by atoms with Crippen LogP contribution in [0.1, 0.15) is 6.42 Å². The number of ether oxygens (including phenoxy) is 1. The quantitative estimate of drug-likeness (QED) is 0.360. The normalized spacial score (nSPS) is 11.9. The van der Waals surface area contributed by atoms with Gasteiger partial charge in [-0.15, -0.1) is 0 Å². The molecule has 0 bridgehead atoms. The maximum atomic E-state index is 11.0. The van der Waals surface area contributed by atoms with E-state index in [9.17, 15) is 9.59 Å². The first-order chi connectivity index (χ1) is 6.61. The first-order valence-electron chi connectivity index (χ1n) is 3.87. The molecule has 3 N–H and O–H groups in total. The van der Waals surface area contributed by atoms with Crippen LogP contribution in [0.2, 0.25) is 0 Å².